The third-order valence-electron chi connectivity index (χ3n) is 4.26. The zero-order valence-electron chi connectivity index (χ0n) is 13.5. The van der Waals surface area contributed by atoms with Crippen molar-refractivity contribution in [3.05, 3.63) is 53.4 Å². The number of amides is 2. The molecule has 2 amide bonds. The van der Waals surface area contributed by atoms with Crippen molar-refractivity contribution in [3.8, 4) is 5.69 Å². The van der Waals surface area contributed by atoms with Crippen molar-refractivity contribution in [1.82, 2.24) is 15.1 Å². The van der Waals surface area contributed by atoms with E-state index in [-0.39, 0.29) is 22.7 Å². The van der Waals surface area contributed by atoms with Gasteiger partial charge in [-0.15, -0.1) is 0 Å². The number of Topliss-reactive ketones (excluding diaryl/α,β-unsaturated/α-hetero) is 1. The summed E-state index contributed by atoms with van der Waals surface area (Å²) in [5, 5.41) is 6.93. The zero-order chi connectivity index (χ0) is 17.7. The third-order valence-corrected chi connectivity index (χ3v) is 4.26. The Labute approximate surface area is 142 Å². The Bertz CT molecular complexity index is 945. The summed E-state index contributed by atoms with van der Waals surface area (Å²) in [4.78, 5) is 38.7. The maximum absolute atomic E-state index is 12.8. The number of hydrogen-bond donors (Lipinski definition) is 1. The maximum Gasteiger partial charge on any atom is 0.297 e. The lowest BCUT2D eigenvalue weighted by atomic mass is 10.1. The Morgan fingerprint density at radius 1 is 1.24 bits per heavy atom. The van der Waals surface area contributed by atoms with Crippen LogP contribution in [-0.4, -0.2) is 40.7 Å². The first-order chi connectivity index (χ1) is 12.0. The number of benzene rings is 1. The van der Waals surface area contributed by atoms with Crippen LogP contribution in [0.25, 0.3) is 5.69 Å². The second kappa shape index (κ2) is 5.30. The Hall–Kier alpha value is -3.42. The van der Waals surface area contributed by atoms with E-state index < -0.39 is 18.0 Å². The van der Waals surface area contributed by atoms with E-state index in [1.165, 1.54) is 29.8 Å². The van der Waals surface area contributed by atoms with E-state index in [1.807, 2.05) is 30.3 Å². The number of fused-ring (bicyclic) bond motifs is 3. The summed E-state index contributed by atoms with van der Waals surface area (Å²) in [6.45, 7) is 1.33. The molecule has 8 heteroatoms. The molecule has 0 aliphatic carbocycles. The van der Waals surface area contributed by atoms with Crippen LogP contribution in [-0.2, 0) is 14.3 Å². The first-order valence-electron chi connectivity index (χ1n) is 7.61. The highest BCUT2D eigenvalue weighted by Crippen LogP contribution is 2.37. The van der Waals surface area contributed by atoms with E-state index in [1.54, 1.807) is 0 Å². The van der Waals surface area contributed by atoms with Gasteiger partial charge in [0.05, 0.1) is 24.6 Å². The fraction of sp³-hybridized carbons (Fsp3) is 0.176. The van der Waals surface area contributed by atoms with E-state index in [4.69, 9.17) is 4.74 Å². The summed E-state index contributed by atoms with van der Waals surface area (Å²) in [6, 6.07) is 9.14. The highest BCUT2D eigenvalue weighted by atomic mass is 16.5. The summed E-state index contributed by atoms with van der Waals surface area (Å²) in [6.07, 6.45) is 0.499. The number of carbonyl (C=O) groups is 3. The molecule has 2 aromatic rings. The molecule has 1 unspecified atom stereocenters. The molecule has 126 valence electrons. The van der Waals surface area contributed by atoms with E-state index >= 15 is 0 Å². The Morgan fingerprint density at radius 3 is 2.60 bits per heavy atom. The van der Waals surface area contributed by atoms with E-state index in [0.717, 1.165) is 0 Å². The fourth-order valence-corrected chi connectivity index (χ4v) is 3.19. The van der Waals surface area contributed by atoms with Crippen molar-refractivity contribution in [2.24, 2.45) is 0 Å². The average molecular weight is 338 g/mol. The van der Waals surface area contributed by atoms with Crippen LogP contribution in [0.5, 0.6) is 0 Å². The molecule has 1 N–H and O–H groups in total. The Balaban J connectivity index is 1.93. The number of ketones is 1. The van der Waals surface area contributed by atoms with Crippen LogP contribution < -0.4 is 10.2 Å². The van der Waals surface area contributed by atoms with Crippen LogP contribution in [0.1, 0.15) is 17.3 Å². The SMILES string of the molecule is COC1=C(C(C)=O)C2NC(=O)c3cnn(-c4ccccc4)c3N2C1=O. The molecular weight excluding hydrogens is 324 g/mol. The Kier molecular flexibility index (Phi) is 3.21. The minimum atomic E-state index is -0.904. The van der Waals surface area contributed by atoms with Gasteiger partial charge in [-0.3, -0.25) is 19.3 Å². The number of hydrogen-bond acceptors (Lipinski definition) is 5. The number of carbonyl (C=O) groups excluding carboxylic acids is 3. The van der Waals surface area contributed by atoms with Crippen LogP contribution in [0.3, 0.4) is 0 Å². The maximum atomic E-state index is 12.8. The highest BCUT2D eigenvalue weighted by molar-refractivity contribution is 6.20. The molecule has 0 radical (unpaired) electrons. The molecule has 0 spiro atoms. The van der Waals surface area contributed by atoms with Gasteiger partial charge in [0.2, 0.25) is 0 Å². The standard InChI is InChI=1S/C17H14N4O4/c1-9(22)12-13(25-2)17(24)20-14(12)19-15(23)11-8-18-21(16(11)20)10-6-4-3-5-7-10/h3-8,14H,1-2H3,(H,19,23). The van der Waals surface area contributed by atoms with Crippen molar-refractivity contribution in [2.45, 2.75) is 13.1 Å². The number of methoxy groups -OCH3 is 1. The quantitative estimate of drug-likeness (QED) is 0.892. The number of ether oxygens (including phenoxy) is 1. The molecule has 1 atom stereocenters. The molecule has 0 bridgehead atoms. The minimum absolute atomic E-state index is 0.0635. The number of para-hydroxylation sites is 1. The van der Waals surface area contributed by atoms with Gasteiger partial charge in [-0.25, -0.2) is 4.68 Å². The predicted octanol–water partition coefficient (Wildman–Crippen LogP) is 0.778. The van der Waals surface area contributed by atoms with Crippen molar-refractivity contribution >= 4 is 23.4 Å². The smallest absolute Gasteiger partial charge is 0.297 e. The van der Waals surface area contributed by atoms with E-state index in [2.05, 4.69) is 10.4 Å². The van der Waals surface area contributed by atoms with Crippen LogP contribution in [0, 0.1) is 0 Å². The topological polar surface area (TPSA) is 93.5 Å². The van der Waals surface area contributed by atoms with Gasteiger partial charge in [0.1, 0.15) is 11.7 Å². The predicted molar refractivity (Wildman–Crippen MR) is 87.0 cm³/mol. The molecular formula is C17H14N4O4. The minimum Gasteiger partial charge on any atom is -0.491 e. The van der Waals surface area contributed by atoms with Gasteiger partial charge in [0.15, 0.2) is 17.4 Å². The van der Waals surface area contributed by atoms with Gasteiger partial charge >= 0.3 is 0 Å². The van der Waals surface area contributed by atoms with Gasteiger partial charge in [0.25, 0.3) is 11.8 Å². The van der Waals surface area contributed by atoms with Gasteiger partial charge in [-0.2, -0.15) is 5.10 Å². The fourth-order valence-electron chi connectivity index (χ4n) is 3.19. The lowest BCUT2D eigenvalue weighted by Gasteiger charge is -2.31. The van der Waals surface area contributed by atoms with Gasteiger partial charge in [0, 0.05) is 0 Å². The molecule has 3 heterocycles. The largest absolute Gasteiger partial charge is 0.491 e. The molecule has 1 aromatic heterocycles. The van der Waals surface area contributed by atoms with Crippen molar-refractivity contribution in [3.63, 3.8) is 0 Å². The summed E-state index contributed by atoms with van der Waals surface area (Å²) < 4.78 is 6.66. The van der Waals surface area contributed by atoms with Crippen LogP contribution >= 0.6 is 0 Å². The Morgan fingerprint density at radius 2 is 1.96 bits per heavy atom. The lowest BCUT2D eigenvalue weighted by Crippen LogP contribution is -2.53. The van der Waals surface area contributed by atoms with Crippen LogP contribution in [0.15, 0.2) is 47.9 Å². The number of anilines is 1. The van der Waals surface area contributed by atoms with Crippen LogP contribution in [0.4, 0.5) is 5.82 Å². The molecule has 2 aliphatic heterocycles. The monoisotopic (exact) mass is 338 g/mol. The molecule has 0 fully saturated rings. The number of nitrogens with zero attached hydrogens (tertiary/aromatic N) is 3. The number of rotatable bonds is 3. The third kappa shape index (κ3) is 2.00. The highest BCUT2D eigenvalue weighted by Gasteiger charge is 2.49. The van der Waals surface area contributed by atoms with Crippen molar-refractivity contribution < 1.29 is 19.1 Å². The normalized spacial score (nSPS) is 18.8. The molecule has 4 rings (SSSR count). The molecule has 8 nitrogen and oxygen atoms in total. The second-order valence-electron chi connectivity index (χ2n) is 5.68. The summed E-state index contributed by atoms with van der Waals surface area (Å²) in [5.41, 5.74) is 1.08. The lowest BCUT2D eigenvalue weighted by molar-refractivity contribution is -0.118. The van der Waals surface area contributed by atoms with E-state index in [0.29, 0.717) is 11.5 Å². The van der Waals surface area contributed by atoms with Crippen LogP contribution in [0.2, 0.25) is 0 Å². The molecule has 0 saturated carbocycles. The first-order valence-corrected chi connectivity index (χ1v) is 7.61. The van der Waals surface area contributed by atoms with E-state index in [9.17, 15) is 14.4 Å². The van der Waals surface area contributed by atoms with Gasteiger partial charge < -0.3 is 10.1 Å². The molecule has 1 aromatic carbocycles. The number of nitrogens with one attached hydrogen (secondary N) is 1. The molecule has 25 heavy (non-hydrogen) atoms. The average Bonchev–Trinajstić information content (AvgIpc) is 3.15. The molecule has 2 aliphatic rings. The molecule has 0 saturated heterocycles. The zero-order valence-corrected chi connectivity index (χ0v) is 13.5. The van der Waals surface area contributed by atoms with Gasteiger partial charge in [-0.05, 0) is 19.1 Å². The summed E-state index contributed by atoms with van der Waals surface area (Å²) >= 11 is 0. The summed E-state index contributed by atoms with van der Waals surface area (Å²) in [5.74, 6) is -0.978. The first kappa shape index (κ1) is 15.1. The summed E-state index contributed by atoms with van der Waals surface area (Å²) in [7, 11) is 1.33. The van der Waals surface area contributed by atoms with Crippen molar-refractivity contribution in [1.29, 1.82) is 0 Å². The van der Waals surface area contributed by atoms with Crippen molar-refractivity contribution in [2.75, 3.05) is 12.0 Å². The number of aromatic nitrogens is 2. The van der Waals surface area contributed by atoms with Gasteiger partial charge in [-0.1, -0.05) is 18.2 Å². The second-order valence-corrected chi connectivity index (χ2v) is 5.68.